The molecule has 38 heavy (non-hydrogen) atoms. The molecule has 1 unspecified atom stereocenters. The third-order valence-electron chi connectivity index (χ3n) is 7.29. The van der Waals surface area contributed by atoms with E-state index in [1.54, 1.807) is 13.3 Å². The molecule has 3 aliphatic heterocycles. The maximum absolute atomic E-state index is 6.43. The van der Waals surface area contributed by atoms with Gasteiger partial charge in [0.25, 0.3) is 0 Å². The predicted octanol–water partition coefficient (Wildman–Crippen LogP) is 4.48. The largest absolute Gasteiger partial charge is 0.493 e. The molecular formula is C28H27ClN4O4S. The van der Waals surface area contributed by atoms with Crippen LogP contribution in [0.15, 0.2) is 47.6 Å². The van der Waals surface area contributed by atoms with Gasteiger partial charge in [-0.25, -0.2) is 0 Å². The van der Waals surface area contributed by atoms with E-state index in [4.69, 9.17) is 48.5 Å². The fourth-order valence-corrected chi connectivity index (χ4v) is 5.73. The standard InChI is InChI=1S/C28H27ClN4O4S/c1-34-26-9-18(12-31-32-28(30)38)19-10-23-20-11-25-24(36-15-37-25)8-16(20)6-7-33(23)13-21(19)27(26)35-14-17-4-2-3-5-22(17)29/h2-5,8-9,11-12,23H,6-7,10,13-15H2,1H3,(H3,30,32,38)/b31-12+. The zero-order valence-electron chi connectivity index (χ0n) is 20.8. The molecule has 10 heteroatoms. The molecule has 0 saturated heterocycles. The number of methoxy groups -OCH3 is 1. The molecule has 6 rings (SSSR count). The summed E-state index contributed by atoms with van der Waals surface area (Å²) in [6.07, 6.45) is 3.43. The average molecular weight is 551 g/mol. The second-order valence-corrected chi connectivity index (χ2v) is 10.3. The van der Waals surface area contributed by atoms with Gasteiger partial charge in [0.05, 0.1) is 13.3 Å². The minimum Gasteiger partial charge on any atom is -0.493 e. The van der Waals surface area contributed by atoms with Crippen LogP contribution in [-0.2, 0) is 26.0 Å². The average Bonchev–Trinajstić information content (AvgIpc) is 3.38. The number of hydrogen-bond donors (Lipinski definition) is 2. The van der Waals surface area contributed by atoms with Crippen molar-refractivity contribution in [1.82, 2.24) is 10.3 Å². The molecule has 0 amide bonds. The lowest BCUT2D eigenvalue weighted by Gasteiger charge is -2.42. The Bertz CT molecular complexity index is 1450. The number of nitrogens with zero attached hydrogens (tertiary/aromatic N) is 2. The number of nitrogens with two attached hydrogens (primary N) is 1. The van der Waals surface area contributed by atoms with Gasteiger partial charge in [-0.15, -0.1) is 0 Å². The lowest BCUT2D eigenvalue weighted by molar-refractivity contribution is 0.155. The van der Waals surface area contributed by atoms with E-state index in [1.165, 1.54) is 11.1 Å². The van der Waals surface area contributed by atoms with Gasteiger partial charge in [-0.2, -0.15) is 5.10 Å². The van der Waals surface area contributed by atoms with Crippen molar-refractivity contribution in [3.8, 4) is 23.0 Å². The Morgan fingerprint density at radius 2 is 2.05 bits per heavy atom. The van der Waals surface area contributed by atoms with Crippen molar-refractivity contribution < 1.29 is 18.9 Å². The first kappa shape index (κ1) is 24.8. The number of hydrazone groups is 1. The number of hydrogen-bond acceptors (Lipinski definition) is 7. The topological polar surface area (TPSA) is 90.6 Å². The van der Waals surface area contributed by atoms with E-state index in [0.29, 0.717) is 23.9 Å². The summed E-state index contributed by atoms with van der Waals surface area (Å²) in [6, 6.07) is 14.1. The Balaban J connectivity index is 1.41. The van der Waals surface area contributed by atoms with Crippen molar-refractivity contribution in [2.24, 2.45) is 10.8 Å². The van der Waals surface area contributed by atoms with E-state index in [-0.39, 0.29) is 17.9 Å². The van der Waals surface area contributed by atoms with Crippen molar-refractivity contribution in [2.45, 2.75) is 32.0 Å². The summed E-state index contributed by atoms with van der Waals surface area (Å²) in [6.45, 7) is 2.21. The molecule has 0 saturated carbocycles. The molecule has 8 nitrogen and oxygen atoms in total. The van der Waals surface area contributed by atoms with Crippen LogP contribution < -0.4 is 30.1 Å². The Labute approximate surface area is 231 Å². The van der Waals surface area contributed by atoms with Crippen LogP contribution in [0.5, 0.6) is 23.0 Å². The molecule has 0 bridgehead atoms. The van der Waals surface area contributed by atoms with E-state index in [2.05, 4.69) is 27.6 Å². The van der Waals surface area contributed by atoms with Crippen LogP contribution in [0.2, 0.25) is 5.02 Å². The van der Waals surface area contributed by atoms with Crippen LogP contribution in [0.3, 0.4) is 0 Å². The highest BCUT2D eigenvalue weighted by Gasteiger charge is 2.37. The summed E-state index contributed by atoms with van der Waals surface area (Å²) in [7, 11) is 1.64. The number of nitrogens with one attached hydrogen (secondary N) is 1. The van der Waals surface area contributed by atoms with E-state index in [1.807, 2.05) is 30.3 Å². The highest BCUT2D eigenvalue weighted by molar-refractivity contribution is 7.80. The molecule has 196 valence electrons. The van der Waals surface area contributed by atoms with Crippen LogP contribution in [0.25, 0.3) is 0 Å². The van der Waals surface area contributed by atoms with Gasteiger partial charge >= 0.3 is 0 Å². The summed E-state index contributed by atoms with van der Waals surface area (Å²) in [5.74, 6) is 2.98. The van der Waals surface area contributed by atoms with E-state index < -0.39 is 0 Å². The van der Waals surface area contributed by atoms with E-state index in [9.17, 15) is 0 Å². The lowest BCUT2D eigenvalue weighted by atomic mass is 9.82. The quantitative estimate of drug-likeness (QED) is 0.264. The molecule has 3 N–H and O–H groups in total. The lowest BCUT2D eigenvalue weighted by Crippen LogP contribution is -2.40. The second-order valence-electron chi connectivity index (χ2n) is 9.41. The highest BCUT2D eigenvalue weighted by Crippen LogP contribution is 2.47. The van der Waals surface area contributed by atoms with Crippen LogP contribution in [0, 0.1) is 0 Å². The molecule has 0 aliphatic carbocycles. The number of fused-ring (bicyclic) bond motifs is 5. The SMILES string of the molecule is COc1cc(/C=N/NC(N)=S)c2c(c1OCc1ccccc1Cl)CN1CCc3cc4c(cc3C1C2)OCO4. The summed E-state index contributed by atoms with van der Waals surface area (Å²) in [5.41, 5.74) is 14.9. The molecule has 0 fully saturated rings. The minimum absolute atomic E-state index is 0.102. The fourth-order valence-electron chi connectivity index (χ4n) is 5.49. The second kappa shape index (κ2) is 10.3. The number of halogens is 1. The van der Waals surface area contributed by atoms with Gasteiger partial charge in [-0.05, 0) is 66.0 Å². The zero-order chi connectivity index (χ0) is 26.2. The van der Waals surface area contributed by atoms with E-state index >= 15 is 0 Å². The predicted molar refractivity (Wildman–Crippen MR) is 149 cm³/mol. The Hall–Kier alpha value is -3.53. The molecule has 3 heterocycles. The normalized spacial score (nSPS) is 17.5. The molecule has 0 spiro atoms. The van der Waals surface area contributed by atoms with Gasteiger partial charge in [0, 0.05) is 40.8 Å². The first-order chi connectivity index (χ1) is 18.5. The van der Waals surface area contributed by atoms with Crippen LogP contribution in [0.4, 0.5) is 0 Å². The summed E-state index contributed by atoms with van der Waals surface area (Å²) in [4.78, 5) is 2.49. The Morgan fingerprint density at radius 3 is 2.84 bits per heavy atom. The minimum atomic E-state index is 0.102. The Morgan fingerprint density at radius 1 is 1.24 bits per heavy atom. The number of thiocarbonyl (C=S) groups is 1. The number of rotatable bonds is 6. The van der Waals surface area contributed by atoms with Gasteiger partial charge in [-0.3, -0.25) is 10.3 Å². The van der Waals surface area contributed by atoms with Crippen molar-refractivity contribution in [3.63, 3.8) is 0 Å². The van der Waals surface area contributed by atoms with Gasteiger partial charge in [-0.1, -0.05) is 29.8 Å². The molecular weight excluding hydrogens is 524 g/mol. The third-order valence-corrected chi connectivity index (χ3v) is 7.75. The van der Waals surface area contributed by atoms with Crippen molar-refractivity contribution >= 4 is 35.1 Å². The monoisotopic (exact) mass is 550 g/mol. The first-order valence-electron chi connectivity index (χ1n) is 12.4. The molecule has 1 atom stereocenters. The molecule has 3 aromatic carbocycles. The fraction of sp³-hybridized carbons (Fsp3) is 0.286. The smallest absolute Gasteiger partial charge is 0.231 e. The molecule has 0 aromatic heterocycles. The van der Waals surface area contributed by atoms with Gasteiger partial charge in [0.1, 0.15) is 6.61 Å². The summed E-state index contributed by atoms with van der Waals surface area (Å²) >= 11 is 11.3. The Kier molecular flexibility index (Phi) is 6.73. The summed E-state index contributed by atoms with van der Waals surface area (Å²) < 4.78 is 23.6. The van der Waals surface area contributed by atoms with Gasteiger partial charge < -0.3 is 24.7 Å². The van der Waals surface area contributed by atoms with Crippen LogP contribution in [0.1, 0.15) is 39.4 Å². The first-order valence-corrected chi connectivity index (χ1v) is 13.1. The van der Waals surface area contributed by atoms with Crippen LogP contribution >= 0.6 is 23.8 Å². The maximum Gasteiger partial charge on any atom is 0.231 e. The number of benzene rings is 3. The van der Waals surface area contributed by atoms with Gasteiger partial charge in [0.15, 0.2) is 28.1 Å². The van der Waals surface area contributed by atoms with Crippen molar-refractivity contribution in [3.05, 3.63) is 80.9 Å². The van der Waals surface area contributed by atoms with Crippen molar-refractivity contribution in [2.75, 3.05) is 20.4 Å². The molecule has 3 aliphatic rings. The molecule has 3 aromatic rings. The molecule has 0 radical (unpaired) electrons. The maximum atomic E-state index is 6.43. The van der Waals surface area contributed by atoms with E-state index in [0.717, 1.165) is 58.9 Å². The highest BCUT2D eigenvalue weighted by atomic mass is 35.5. The zero-order valence-corrected chi connectivity index (χ0v) is 22.4. The number of ether oxygens (including phenoxy) is 4. The third kappa shape index (κ3) is 4.62. The summed E-state index contributed by atoms with van der Waals surface area (Å²) in [5, 5.41) is 5.02. The van der Waals surface area contributed by atoms with Crippen molar-refractivity contribution in [1.29, 1.82) is 0 Å². The van der Waals surface area contributed by atoms with Gasteiger partial charge in [0.2, 0.25) is 6.79 Å². The van der Waals surface area contributed by atoms with Crippen LogP contribution in [-0.4, -0.2) is 36.7 Å².